The SMILES string of the molecule is CCN(CCCN(C)C)CC(N)c1ccc(F)cc1F. The van der Waals surface area contributed by atoms with Crippen LogP contribution in [-0.4, -0.2) is 50.1 Å². The summed E-state index contributed by atoms with van der Waals surface area (Å²) >= 11 is 0. The van der Waals surface area contributed by atoms with Gasteiger partial charge in [0.25, 0.3) is 0 Å². The standard InChI is InChI=1S/C15H25F2N3/c1-4-20(9-5-8-19(2)3)11-15(18)13-7-6-12(16)10-14(13)17/h6-7,10,15H,4-5,8-9,11,18H2,1-3H3. The van der Waals surface area contributed by atoms with E-state index in [-0.39, 0.29) is 0 Å². The second kappa shape index (κ2) is 8.29. The molecule has 0 saturated carbocycles. The van der Waals surface area contributed by atoms with Crippen molar-refractivity contribution in [3.05, 3.63) is 35.4 Å². The van der Waals surface area contributed by atoms with E-state index in [0.29, 0.717) is 12.1 Å². The lowest BCUT2D eigenvalue weighted by molar-refractivity contribution is 0.251. The number of hydrogen-bond donors (Lipinski definition) is 1. The summed E-state index contributed by atoms with van der Waals surface area (Å²) in [4.78, 5) is 4.32. The molecule has 1 aromatic rings. The van der Waals surface area contributed by atoms with E-state index in [1.807, 2.05) is 14.1 Å². The van der Waals surface area contributed by atoms with Crippen molar-refractivity contribution in [2.45, 2.75) is 19.4 Å². The summed E-state index contributed by atoms with van der Waals surface area (Å²) in [6, 6.07) is 3.14. The third-order valence-electron chi connectivity index (χ3n) is 3.34. The van der Waals surface area contributed by atoms with Crippen molar-refractivity contribution < 1.29 is 8.78 Å². The molecule has 0 spiro atoms. The Morgan fingerprint density at radius 2 is 1.90 bits per heavy atom. The monoisotopic (exact) mass is 285 g/mol. The quantitative estimate of drug-likeness (QED) is 0.795. The maximum atomic E-state index is 13.7. The van der Waals surface area contributed by atoms with Crippen LogP contribution < -0.4 is 5.73 Å². The van der Waals surface area contributed by atoms with Crippen molar-refractivity contribution in [2.75, 3.05) is 40.3 Å². The van der Waals surface area contributed by atoms with Crippen LogP contribution in [0.25, 0.3) is 0 Å². The lowest BCUT2D eigenvalue weighted by Gasteiger charge is -2.25. The molecule has 0 aromatic heterocycles. The molecule has 0 aliphatic heterocycles. The molecule has 3 nitrogen and oxygen atoms in total. The Bertz CT molecular complexity index is 410. The summed E-state index contributed by atoms with van der Waals surface area (Å²) in [5.74, 6) is -1.14. The minimum atomic E-state index is -0.572. The molecule has 20 heavy (non-hydrogen) atoms. The molecule has 114 valence electrons. The van der Waals surface area contributed by atoms with Gasteiger partial charge >= 0.3 is 0 Å². The molecule has 0 saturated heterocycles. The number of nitrogens with zero attached hydrogens (tertiary/aromatic N) is 2. The van der Waals surface area contributed by atoms with Crippen molar-refractivity contribution in [3.8, 4) is 0 Å². The predicted molar refractivity (Wildman–Crippen MR) is 78.6 cm³/mol. The van der Waals surface area contributed by atoms with Crippen LogP contribution in [0.2, 0.25) is 0 Å². The number of likely N-dealkylation sites (N-methyl/N-ethyl adjacent to an activating group) is 1. The highest BCUT2D eigenvalue weighted by atomic mass is 19.1. The zero-order chi connectivity index (χ0) is 15.1. The van der Waals surface area contributed by atoms with Gasteiger partial charge in [-0.2, -0.15) is 0 Å². The summed E-state index contributed by atoms with van der Waals surface area (Å²) in [5, 5.41) is 0. The Morgan fingerprint density at radius 1 is 1.20 bits per heavy atom. The summed E-state index contributed by atoms with van der Waals surface area (Å²) in [6.07, 6.45) is 1.04. The van der Waals surface area contributed by atoms with Gasteiger partial charge in [0, 0.05) is 24.2 Å². The van der Waals surface area contributed by atoms with E-state index in [0.717, 1.165) is 32.1 Å². The van der Waals surface area contributed by atoms with Crippen LogP contribution in [0.4, 0.5) is 8.78 Å². The minimum absolute atomic E-state index is 0.373. The molecule has 1 rings (SSSR count). The molecule has 1 aromatic carbocycles. The number of halogens is 2. The fraction of sp³-hybridized carbons (Fsp3) is 0.600. The van der Waals surface area contributed by atoms with Crippen molar-refractivity contribution in [2.24, 2.45) is 5.73 Å². The summed E-state index contributed by atoms with van der Waals surface area (Å²) in [6.45, 7) is 5.43. The Balaban J connectivity index is 2.55. The van der Waals surface area contributed by atoms with E-state index in [2.05, 4.69) is 16.7 Å². The van der Waals surface area contributed by atoms with Gasteiger partial charge < -0.3 is 15.5 Å². The molecule has 5 heteroatoms. The molecular formula is C15H25F2N3. The first-order valence-corrected chi connectivity index (χ1v) is 7.01. The summed E-state index contributed by atoms with van der Waals surface area (Å²) < 4.78 is 26.6. The van der Waals surface area contributed by atoms with Crippen LogP contribution in [0.3, 0.4) is 0 Å². The van der Waals surface area contributed by atoms with Gasteiger partial charge in [0.2, 0.25) is 0 Å². The molecule has 1 unspecified atom stereocenters. The highest BCUT2D eigenvalue weighted by Gasteiger charge is 2.15. The third kappa shape index (κ3) is 5.53. The second-order valence-electron chi connectivity index (χ2n) is 5.32. The van der Waals surface area contributed by atoms with E-state index >= 15 is 0 Å². The van der Waals surface area contributed by atoms with Crippen LogP contribution in [0.5, 0.6) is 0 Å². The second-order valence-corrected chi connectivity index (χ2v) is 5.32. The van der Waals surface area contributed by atoms with Crippen LogP contribution >= 0.6 is 0 Å². The zero-order valence-corrected chi connectivity index (χ0v) is 12.6. The van der Waals surface area contributed by atoms with Gasteiger partial charge in [0.05, 0.1) is 0 Å². The van der Waals surface area contributed by atoms with Crippen LogP contribution in [0, 0.1) is 11.6 Å². The van der Waals surface area contributed by atoms with Crippen molar-refractivity contribution >= 4 is 0 Å². The average Bonchev–Trinajstić information content (AvgIpc) is 2.36. The van der Waals surface area contributed by atoms with E-state index < -0.39 is 17.7 Å². The van der Waals surface area contributed by atoms with Crippen molar-refractivity contribution in [1.82, 2.24) is 9.80 Å². The Hall–Kier alpha value is -1.04. The molecule has 2 N–H and O–H groups in total. The largest absolute Gasteiger partial charge is 0.323 e. The lowest BCUT2D eigenvalue weighted by Crippen LogP contribution is -2.34. The molecule has 1 atom stereocenters. The van der Waals surface area contributed by atoms with E-state index in [1.165, 1.54) is 12.1 Å². The molecule has 0 fully saturated rings. The Kier molecular flexibility index (Phi) is 7.05. The Labute approximate surface area is 120 Å². The van der Waals surface area contributed by atoms with Crippen LogP contribution in [-0.2, 0) is 0 Å². The average molecular weight is 285 g/mol. The van der Waals surface area contributed by atoms with Gasteiger partial charge in [-0.15, -0.1) is 0 Å². The highest BCUT2D eigenvalue weighted by Crippen LogP contribution is 2.17. The normalized spacial score (nSPS) is 13.2. The fourth-order valence-electron chi connectivity index (χ4n) is 2.17. The number of benzene rings is 1. The number of rotatable bonds is 8. The molecular weight excluding hydrogens is 260 g/mol. The molecule has 0 aliphatic rings. The number of hydrogen-bond acceptors (Lipinski definition) is 3. The first-order valence-electron chi connectivity index (χ1n) is 7.01. The van der Waals surface area contributed by atoms with Gasteiger partial charge in [-0.3, -0.25) is 0 Å². The first-order chi connectivity index (χ1) is 9.43. The Morgan fingerprint density at radius 3 is 2.45 bits per heavy atom. The third-order valence-corrected chi connectivity index (χ3v) is 3.34. The lowest BCUT2D eigenvalue weighted by atomic mass is 10.1. The molecule has 0 radical (unpaired) electrons. The van der Waals surface area contributed by atoms with Crippen LogP contribution in [0.1, 0.15) is 24.9 Å². The predicted octanol–water partition coefficient (Wildman–Crippen LogP) is 2.24. The molecule has 0 heterocycles. The molecule has 0 bridgehead atoms. The maximum absolute atomic E-state index is 13.7. The zero-order valence-electron chi connectivity index (χ0n) is 12.6. The maximum Gasteiger partial charge on any atom is 0.130 e. The van der Waals surface area contributed by atoms with E-state index in [1.54, 1.807) is 0 Å². The highest BCUT2D eigenvalue weighted by molar-refractivity contribution is 5.22. The minimum Gasteiger partial charge on any atom is -0.323 e. The number of nitrogens with two attached hydrogens (primary N) is 1. The van der Waals surface area contributed by atoms with E-state index in [9.17, 15) is 8.78 Å². The smallest absolute Gasteiger partial charge is 0.130 e. The molecule has 0 aliphatic carbocycles. The van der Waals surface area contributed by atoms with E-state index in [4.69, 9.17) is 5.73 Å². The topological polar surface area (TPSA) is 32.5 Å². The molecule has 0 amide bonds. The van der Waals surface area contributed by atoms with Crippen molar-refractivity contribution in [1.29, 1.82) is 0 Å². The van der Waals surface area contributed by atoms with Gasteiger partial charge in [0.1, 0.15) is 11.6 Å². The van der Waals surface area contributed by atoms with Gasteiger partial charge in [0.15, 0.2) is 0 Å². The van der Waals surface area contributed by atoms with Gasteiger partial charge in [-0.1, -0.05) is 13.0 Å². The first kappa shape index (κ1) is 17.0. The fourth-order valence-corrected chi connectivity index (χ4v) is 2.17. The van der Waals surface area contributed by atoms with Gasteiger partial charge in [-0.25, -0.2) is 8.78 Å². The summed E-state index contributed by atoms with van der Waals surface area (Å²) in [7, 11) is 4.08. The van der Waals surface area contributed by atoms with Crippen LogP contribution in [0.15, 0.2) is 18.2 Å². The summed E-state index contributed by atoms with van der Waals surface area (Å²) in [5.41, 5.74) is 6.41. The van der Waals surface area contributed by atoms with Gasteiger partial charge in [-0.05, 0) is 46.2 Å². The van der Waals surface area contributed by atoms with Crippen molar-refractivity contribution in [3.63, 3.8) is 0 Å².